The second-order valence-corrected chi connectivity index (χ2v) is 4.28. The summed E-state index contributed by atoms with van der Waals surface area (Å²) in [6.45, 7) is 1.43. The number of rotatable bonds is 8. The molecule has 0 aromatic heterocycles. The SMILES string of the molecule is CNC(=O)NCCNC[C@H](O)COc1ccccc1C#N. The number of para-hydroxylation sites is 1. The normalized spacial score (nSPS) is 11.3. The number of urea groups is 1. The van der Waals surface area contributed by atoms with Gasteiger partial charge < -0.3 is 25.8 Å². The number of amides is 2. The molecule has 0 aliphatic rings. The maximum atomic E-state index is 10.9. The van der Waals surface area contributed by atoms with Crippen molar-refractivity contribution in [3.63, 3.8) is 0 Å². The van der Waals surface area contributed by atoms with Gasteiger partial charge in [-0.2, -0.15) is 5.26 Å². The maximum absolute atomic E-state index is 10.9. The molecule has 114 valence electrons. The number of hydrogen-bond acceptors (Lipinski definition) is 5. The molecule has 7 nitrogen and oxygen atoms in total. The molecule has 0 saturated heterocycles. The Morgan fingerprint density at radius 2 is 2.19 bits per heavy atom. The number of benzene rings is 1. The van der Waals surface area contributed by atoms with E-state index in [-0.39, 0.29) is 12.6 Å². The molecule has 1 rings (SSSR count). The zero-order valence-corrected chi connectivity index (χ0v) is 11.9. The Balaban J connectivity index is 2.18. The van der Waals surface area contributed by atoms with Crippen LogP contribution >= 0.6 is 0 Å². The Morgan fingerprint density at radius 1 is 1.43 bits per heavy atom. The van der Waals surface area contributed by atoms with Crippen LogP contribution < -0.4 is 20.7 Å². The van der Waals surface area contributed by atoms with Gasteiger partial charge in [0.05, 0.1) is 5.56 Å². The van der Waals surface area contributed by atoms with Crippen molar-refractivity contribution in [2.24, 2.45) is 0 Å². The lowest BCUT2D eigenvalue weighted by molar-refractivity contribution is 0.106. The van der Waals surface area contributed by atoms with Crippen molar-refractivity contribution < 1.29 is 14.6 Å². The highest BCUT2D eigenvalue weighted by molar-refractivity contribution is 5.73. The van der Waals surface area contributed by atoms with Crippen LogP contribution in [0.1, 0.15) is 5.56 Å². The van der Waals surface area contributed by atoms with Gasteiger partial charge in [0.25, 0.3) is 0 Å². The van der Waals surface area contributed by atoms with Crippen LogP contribution in [0, 0.1) is 11.3 Å². The summed E-state index contributed by atoms with van der Waals surface area (Å²) in [5.41, 5.74) is 0.437. The highest BCUT2D eigenvalue weighted by Crippen LogP contribution is 2.16. The molecule has 0 bridgehead atoms. The minimum Gasteiger partial charge on any atom is -0.489 e. The molecule has 1 aromatic rings. The molecule has 0 unspecified atom stereocenters. The summed E-state index contributed by atoms with van der Waals surface area (Å²) in [4.78, 5) is 10.9. The minimum atomic E-state index is -0.697. The third-order valence-corrected chi connectivity index (χ3v) is 2.63. The number of nitriles is 1. The van der Waals surface area contributed by atoms with Crippen molar-refractivity contribution in [3.8, 4) is 11.8 Å². The van der Waals surface area contributed by atoms with E-state index >= 15 is 0 Å². The summed E-state index contributed by atoms with van der Waals surface area (Å²) in [6, 6.07) is 8.65. The predicted molar refractivity (Wildman–Crippen MR) is 78.0 cm³/mol. The molecule has 0 radical (unpaired) electrons. The fourth-order valence-electron chi connectivity index (χ4n) is 1.55. The van der Waals surface area contributed by atoms with E-state index in [0.717, 1.165) is 0 Å². The van der Waals surface area contributed by atoms with Gasteiger partial charge in [-0.1, -0.05) is 12.1 Å². The summed E-state index contributed by atoms with van der Waals surface area (Å²) in [6.07, 6.45) is -0.697. The van der Waals surface area contributed by atoms with Gasteiger partial charge >= 0.3 is 6.03 Å². The second-order valence-electron chi connectivity index (χ2n) is 4.28. The van der Waals surface area contributed by atoms with Gasteiger partial charge in [-0.25, -0.2) is 4.79 Å². The number of carbonyl (C=O) groups is 1. The molecule has 4 N–H and O–H groups in total. The Bertz CT molecular complexity index is 487. The fourth-order valence-corrected chi connectivity index (χ4v) is 1.55. The first-order valence-electron chi connectivity index (χ1n) is 6.63. The lowest BCUT2D eigenvalue weighted by Crippen LogP contribution is -2.39. The molecule has 1 atom stereocenters. The lowest BCUT2D eigenvalue weighted by atomic mass is 10.2. The molecule has 0 aliphatic carbocycles. The summed E-state index contributed by atoms with van der Waals surface area (Å²) in [7, 11) is 1.54. The number of hydrogen-bond donors (Lipinski definition) is 4. The van der Waals surface area contributed by atoms with Crippen LogP contribution in [0.15, 0.2) is 24.3 Å². The minimum absolute atomic E-state index is 0.0918. The lowest BCUT2D eigenvalue weighted by Gasteiger charge is -2.14. The molecule has 7 heteroatoms. The Morgan fingerprint density at radius 3 is 2.90 bits per heavy atom. The third kappa shape index (κ3) is 6.61. The van der Waals surface area contributed by atoms with Gasteiger partial charge in [0, 0.05) is 26.7 Å². The van der Waals surface area contributed by atoms with Crippen LogP contribution in [-0.4, -0.2) is 50.5 Å². The van der Waals surface area contributed by atoms with Crippen molar-refractivity contribution in [2.75, 3.05) is 33.3 Å². The highest BCUT2D eigenvalue weighted by Gasteiger charge is 2.07. The molecule has 0 spiro atoms. The fraction of sp³-hybridized carbons (Fsp3) is 0.429. The number of nitrogens with one attached hydrogen (secondary N) is 3. The number of aliphatic hydroxyl groups excluding tert-OH is 1. The summed E-state index contributed by atoms with van der Waals surface area (Å²) >= 11 is 0. The second kappa shape index (κ2) is 9.58. The first-order valence-corrected chi connectivity index (χ1v) is 6.63. The van der Waals surface area contributed by atoms with Crippen LogP contribution in [0.4, 0.5) is 4.79 Å². The highest BCUT2D eigenvalue weighted by atomic mass is 16.5. The molecule has 0 saturated carbocycles. The number of ether oxygens (including phenoxy) is 1. The molecule has 21 heavy (non-hydrogen) atoms. The largest absolute Gasteiger partial charge is 0.489 e. The van der Waals surface area contributed by atoms with Crippen molar-refractivity contribution in [1.82, 2.24) is 16.0 Å². The quantitative estimate of drug-likeness (QED) is 0.497. The topological polar surface area (TPSA) is 106 Å². The smallest absolute Gasteiger partial charge is 0.314 e. The van der Waals surface area contributed by atoms with Gasteiger partial charge in [-0.3, -0.25) is 0 Å². The molecule has 2 amide bonds. The Kier molecular flexibility index (Phi) is 7.64. The Labute approximate surface area is 123 Å². The standard InChI is InChI=1S/C14H20N4O3/c1-16-14(20)18-7-6-17-9-12(19)10-21-13-5-3-2-4-11(13)8-15/h2-5,12,17,19H,6-7,9-10H2,1H3,(H2,16,18,20)/t12-/m0/s1. The van der Waals surface area contributed by atoms with Crippen molar-refractivity contribution in [3.05, 3.63) is 29.8 Å². The van der Waals surface area contributed by atoms with Crippen LogP contribution in [0.2, 0.25) is 0 Å². The van der Waals surface area contributed by atoms with E-state index in [4.69, 9.17) is 10.00 Å². The summed E-state index contributed by atoms with van der Waals surface area (Å²) < 4.78 is 5.41. The van der Waals surface area contributed by atoms with Gasteiger partial charge in [0.2, 0.25) is 0 Å². The van der Waals surface area contributed by atoms with Crippen LogP contribution in [0.25, 0.3) is 0 Å². The van der Waals surface area contributed by atoms with E-state index in [1.54, 1.807) is 31.3 Å². The van der Waals surface area contributed by atoms with E-state index in [2.05, 4.69) is 16.0 Å². The number of nitrogens with zero attached hydrogens (tertiary/aromatic N) is 1. The average Bonchev–Trinajstić information content (AvgIpc) is 2.52. The molecule has 0 heterocycles. The van der Waals surface area contributed by atoms with E-state index in [9.17, 15) is 9.90 Å². The van der Waals surface area contributed by atoms with Crippen LogP contribution in [0.3, 0.4) is 0 Å². The van der Waals surface area contributed by atoms with Crippen molar-refractivity contribution in [1.29, 1.82) is 5.26 Å². The van der Waals surface area contributed by atoms with Gasteiger partial charge in [0.1, 0.15) is 24.5 Å². The van der Waals surface area contributed by atoms with E-state index in [1.807, 2.05) is 6.07 Å². The zero-order valence-electron chi connectivity index (χ0n) is 11.9. The maximum Gasteiger partial charge on any atom is 0.314 e. The molecule has 0 fully saturated rings. The van der Waals surface area contributed by atoms with Gasteiger partial charge in [-0.05, 0) is 12.1 Å². The van der Waals surface area contributed by atoms with E-state index < -0.39 is 6.10 Å². The van der Waals surface area contributed by atoms with E-state index in [1.165, 1.54) is 0 Å². The van der Waals surface area contributed by atoms with Gasteiger partial charge in [-0.15, -0.1) is 0 Å². The van der Waals surface area contributed by atoms with Gasteiger partial charge in [0.15, 0.2) is 0 Å². The van der Waals surface area contributed by atoms with Crippen molar-refractivity contribution >= 4 is 6.03 Å². The average molecular weight is 292 g/mol. The molecule has 0 aliphatic heterocycles. The predicted octanol–water partition coefficient (Wildman–Crippen LogP) is -0.183. The first-order chi connectivity index (χ1) is 10.2. The summed E-state index contributed by atoms with van der Waals surface area (Å²) in [5, 5.41) is 26.7. The Hall–Kier alpha value is -2.30. The zero-order chi connectivity index (χ0) is 15.5. The molecule has 1 aromatic carbocycles. The first kappa shape index (κ1) is 16.8. The molecular formula is C14H20N4O3. The van der Waals surface area contributed by atoms with Crippen LogP contribution in [-0.2, 0) is 0 Å². The molecular weight excluding hydrogens is 272 g/mol. The van der Waals surface area contributed by atoms with E-state index in [0.29, 0.717) is 30.9 Å². The number of carbonyl (C=O) groups excluding carboxylic acids is 1. The van der Waals surface area contributed by atoms with Crippen LogP contribution in [0.5, 0.6) is 5.75 Å². The summed E-state index contributed by atoms with van der Waals surface area (Å²) in [5.74, 6) is 0.459. The monoisotopic (exact) mass is 292 g/mol. The van der Waals surface area contributed by atoms with Crippen molar-refractivity contribution in [2.45, 2.75) is 6.10 Å². The number of aliphatic hydroxyl groups is 1. The third-order valence-electron chi connectivity index (χ3n) is 2.63.